The molecule has 0 saturated heterocycles. The van der Waals surface area contributed by atoms with Crippen LogP contribution in [0.4, 0.5) is 0 Å². The largest absolute Gasteiger partial charge is 0.496 e. The van der Waals surface area contributed by atoms with Gasteiger partial charge in [0.1, 0.15) is 17.1 Å². The van der Waals surface area contributed by atoms with Gasteiger partial charge in [0.25, 0.3) is 5.91 Å². The molecule has 6 heteroatoms. The quantitative estimate of drug-likeness (QED) is 0.816. The van der Waals surface area contributed by atoms with Gasteiger partial charge in [0, 0.05) is 6.54 Å². The van der Waals surface area contributed by atoms with Gasteiger partial charge < -0.3 is 19.9 Å². The molecule has 0 spiro atoms. The highest BCUT2D eigenvalue weighted by Gasteiger charge is 2.14. The first-order chi connectivity index (χ1) is 11.6. The van der Waals surface area contributed by atoms with E-state index in [0.717, 1.165) is 0 Å². The summed E-state index contributed by atoms with van der Waals surface area (Å²) in [4.78, 5) is 23.5. The summed E-state index contributed by atoms with van der Waals surface area (Å²) in [5.41, 5.74) is 1.15. The fourth-order valence-electron chi connectivity index (χ4n) is 2.25. The SMILES string of the molecule is CCOc1ccccc1C(=O)NCc1ccc(OC)c(C(=O)O)c1. The topological polar surface area (TPSA) is 84.9 Å². The highest BCUT2D eigenvalue weighted by molar-refractivity contribution is 5.97. The third-order valence-electron chi connectivity index (χ3n) is 3.38. The highest BCUT2D eigenvalue weighted by atomic mass is 16.5. The summed E-state index contributed by atoms with van der Waals surface area (Å²) >= 11 is 0. The lowest BCUT2D eigenvalue weighted by Gasteiger charge is -2.11. The molecule has 2 aromatic rings. The van der Waals surface area contributed by atoms with E-state index in [-0.39, 0.29) is 23.8 Å². The second kappa shape index (κ2) is 8.01. The molecule has 1 amide bonds. The van der Waals surface area contributed by atoms with Crippen molar-refractivity contribution in [3.05, 3.63) is 59.2 Å². The summed E-state index contributed by atoms with van der Waals surface area (Å²) in [6.45, 7) is 2.51. The summed E-state index contributed by atoms with van der Waals surface area (Å²) in [5.74, 6) is -0.578. The molecule has 2 rings (SSSR count). The summed E-state index contributed by atoms with van der Waals surface area (Å²) in [6, 6.07) is 11.7. The van der Waals surface area contributed by atoms with Crippen molar-refractivity contribution in [2.24, 2.45) is 0 Å². The zero-order chi connectivity index (χ0) is 17.5. The molecule has 0 radical (unpaired) electrons. The fraction of sp³-hybridized carbons (Fsp3) is 0.222. The van der Waals surface area contributed by atoms with Crippen LogP contribution in [0.25, 0.3) is 0 Å². The molecule has 0 aromatic heterocycles. The zero-order valence-corrected chi connectivity index (χ0v) is 13.5. The summed E-state index contributed by atoms with van der Waals surface area (Å²) in [6.07, 6.45) is 0. The van der Waals surface area contributed by atoms with E-state index in [1.165, 1.54) is 13.2 Å². The second-order valence-electron chi connectivity index (χ2n) is 4.95. The summed E-state index contributed by atoms with van der Waals surface area (Å²) in [5, 5.41) is 12.0. The third kappa shape index (κ3) is 4.04. The minimum Gasteiger partial charge on any atom is -0.496 e. The van der Waals surface area contributed by atoms with Gasteiger partial charge >= 0.3 is 5.97 Å². The Morgan fingerprint density at radius 3 is 2.50 bits per heavy atom. The summed E-state index contributed by atoms with van der Waals surface area (Å²) in [7, 11) is 1.41. The van der Waals surface area contributed by atoms with Crippen molar-refractivity contribution < 1.29 is 24.2 Å². The molecule has 0 aliphatic rings. The van der Waals surface area contributed by atoms with E-state index in [0.29, 0.717) is 23.5 Å². The molecule has 126 valence electrons. The van der Waals surface area contributed by atoms with Crippen LogP contribution in [-0.4, -0.2) is 30.7 Å². The van der Waals surface area contributed by atoms with Crippen molar-refractivity contribution in [3.8, 4) is 11.5 Å². The lowest BCUT2D eigenvalue weighted by atomic mass is 10.1. The van der Waals surface area contributed by atoms with Crippen LogP contribution in [0, 0.1) is 0 Å². The number of hydrogen-bond donors (Lipinski definition) is 2. The highest BCUT2D eigenvalue weighted by Crippen LogP contribution is 2.21. The molecule has 0 bridgehead atoms. The molecule has 24 heavy (non-hydrogen) atoms. The molecule has 2 N–H and O–H groups in total. The number of aromatic carboxylic acids is 1. The van der Waals surface area contributed by atoms with E-state index >= 15 is 0 Å². The molecule has 2 aromatic carbocycles. The van der Waals surface area contributed by atoms with Gasteiger partial charge in [-0.25, -0.2) is 4.79 Å². The van der Waals surface area contributed by atoms with Crippen LogP contribution in [0.1, 0.15) is 33.2 Å². The number of carbonyl (C=O) groups excluding carboxylic acids is 1. The Balaban J connectivity index is 2.12. The molecule has 0 heterocycles. The van der Waals surface area contributed by atoms with Gasteiger partial charge in [0.15, 0.2) is 0 Å². The van der Waals surface area contributed by atoms with Gasteiger partial charge in [-0.3, -0.25) is 4.79 Å². The number of nitrogens with one attached hydrogen (secondary N) is 1. The second-order valence-corrected chi connectivity index (χ2v) is 4.95. The van der Waals surface area contributed by atoms with Crippen molar-refractivity contribution in [1.29, 1.82) is 0 Å². The average Bonchev–Trinajstić information content (AvgIpc) is 2.60. The van der Waals surface area contributed by atoms with Gasteiger partial charge in [-0.1, -0.05) is 18.2 Å². The Morgan fingerprint density at radius 2 is 1.83 bits per heavy atom. The van der Waals surface area contributed by atoms with Crippen molar-refractivity contribution in [2.75, 3.05) is 13.7 Å². The Bertz CT molecular complexity index is 742. The van der Waals surface area contributed by atoms with Crippen LogP contribution in [0.15, 0.2) is 42.5 Å². The van der Waals surface area contributed by atoms with Gasteiger partial charge in [-0.05, 0) is 36.8 Å². The van der Waals surface area contributed by atoms with Crippen LogP contribution >= 0.6 is 0 Å². The Morgan fingerprint density at radius 1 is 1.08 bits per heavy atom. The maximum atomic E-state index is 12.3. The monoisotopic (exact) mass is 329 g/mol. The lowest BCUT2D eigenvalue weighted by molar-refractivity contribution is 0.0693. The van der Waals surface area contributed by atoms with E-state index in [9.17, 15) is 14.7 Å². The first-order valence-corrected chi connectivity index (χ1v) is 7.47. The van der Waals surface area contributed by atoms with E-state index in [1.807, 2.05) is 6.92 Å². The number of carboxylic acid groups (broad SMARTS) is 1. The number of benzene rings is 2. The van der Waals surface area contributed by atoms with E-state index in [2.05, 4.69) is 5.32 Å². The van der Waals surface area contributed by atoms with Crippen LogP contribution < -0.4 is 14.8 Å². The number of hydrogen-bond acceptors (Lipinski definition) is 4. The van der Waals surface area contributed by atoms with Gasteiger partial charge in [0.05, 0.1) is 19.3 Å². The third-order valence-corrected chi connectivity index (χ3v) is 3.38. The zero-order valence-electron chi connectivity index (χ0n) is 13.5. The molecule has 0 atom stereocenters. The van der Waals surface area contributed by atoms with E-state index in [1.54, 1.807) is 36.4 Å². The summed E-state index contributed by atoms with van der Waals surface area (Å²) < 4.78 is 10.5. The van der Waals surface area contributed by atoms with Crippen LogP contribution in [0.2, 0.25) is 0 Å². The molecule has 0 aliphatic carbocycles. The predicted octanol–water partition coefficient (Wildman–Crippen LogP) is 2.72. The molecule has 0 saturated carbocycles. The fourth-order valence-corrected chi connectivity index (χ4v) is 2.25. The van der Waals surface area contributed by atoms with E-state index < -0.39 is 5.97 Å². The first-order valence-electron chi connectivity index (χ1n) is 7.47. The minimum atomic E-state index is -1.08. The number of ether oxygens (including phenoxy) is 2. The molecular weight excluding hydrogens is 310 g/mol. The number of carboxylic acids is 1. The molecular formula is C18H19NO5. The number of amides is 1. The molecule has 6 nitrogen and oxygen atoms in total. The standard InChI is InChI=1S/C18H19NO5/c1-3-24-16-7-5-4-6-13(16)17(20)19-11-12-8-9-15(23-2)14(10-12)18(21)22/h4-10H,3,11H2,1-2H3,(H,19,20)(H,21,22). The first kappa shape index (κ1) is 17.3. The van der Waals surface area contributed by atoms with Gasteiger partial charge in [0.2, 0.25) is 0 Å². The normalized spacial score (nSPS) is 10.1. The van der Waals surface area contributed by atoms with Crippen molar-refractivity contribution in [2.45, 2.75) is 13.5 Å². The smallest absolute Gasteiger partial charge is 0.339 e. The maximum Gasteiger partial charge on any atom is 0.339 e. The number of rotatable bonds is 7. The number of methoxy groups -OCH3 is 1. The number of carbonyl (C=O) groups is 2. The molecule has 0 fully saturated rings. The minimum absolute atomic E-state index is 0.0546. The Hall–Kier alpha value is -3.02. The van der Waals surface area contributed by atoms with Crippen molar-refractivity contribution >= 4 is 11.9 Å². The van der Waals surface area contributed by atoms with Crippen molar-refractivity contribution in [1.82, 2.24) is 5.32 Å². The average molecular weight is 329 g/mol. The number of para-hydroxylation sites is 1. The Labute approximate surface area is 140 Å². The van der Waals surface area contributed by atoms with Gasteiger partial charge in [-0.15, -0.1) is 0 Å². The van der Waals surface area contributed by atoms with Crippen LogP contribution in [0.3, 0.4) is 0 Å². The lowest BCUT2D eigenvalue weighted by Crippen LogP contribution is -2.23. The molecule has 0 aliphatic heterocycles. The van der Waals surface area contributed by atoms with Gasteiger partial charge in [-0.2, -0.15) is 0 Å². The maximum absolute atomic E-state index is 12.3. The van der Waals surface area contributed by atoms with Crippen molar-refractivity contribution in [3.63, 3.8) is 0 Å². The van der Waals surface area contributed by atoms with E-state index in [4.69, 9.17) is 9.47 Å². The molecule has 0 unspecified atom stereocenters. The van der Waals surface area contributed by atoms with Crippen LogP contribution in [-0.2, 0) is 6.54 Å². The Kier molecular flexibility index (Phi) is 5.78. The van der Waals surface area contributed by atoms with Crippen LogP contribution in [0.5, 0.6) is 11.5 Å². The predicted molar refractivity (Wildman–Crippen MR) is 88.7 cm³/mol.